The Balaban J connectivity index is 1.54. The molecule has 0 bridgehead atoms. The van der Waals surface area contributed by atoms with Crippen molar-refractivity contribution in [2.24, 2.45) is 4.99 Å². The summed E-state index contributed by atoms with van der Waals surface area (Å²) in [6, 6.07) is 11.9. The molecule has 7 nitrogen and oxygen atoms in total. The predicted octanol–water partition coefficient (Wildman–Crippen LogP) is 4.02. The zero-order chi connectivity index (χ0) is 24.6. The van der Waals surface area contributed by atoms with Crippen LogP contribution in [0, 0.1) is 12.7 Å². The number of hydrogen-bond acceptors (Lipinski definition) is 5. The number of carbonyl (C=O) groups excluding carboxylic acids is 1. The normalized spacial score (nSPS) is 21.1. The summed E-state index contributed by atoms with van der Waals surface area (Å²) in [6.45, 7) is 2.30. The number of methoxy groups -OCH3 is 1. The molecule has 1 N–H and O–H groups in total. The Morgan fingerprint density at radius 3 is 2.71 bits per heavy atom. The second-order valence-corrected chi connectivity index (χ2v) is 8.98. The number of hydrogen-bond donors (Lipinski definition) is 1. The third-order valence-corrected chi connectivity index (χ3v) is 6.74. The van der Waals surface area contributed by atoms with Crippen LogP contribution in [-0.2, 0) is 10.3 Å². The molecule has 3 heterocycles. The van der Waals surface area contributed by atoms with Crippen LogP contribution in [0.4, 0.5) is 4.39 Å². The van der Waals surface area contributed by atoms with Crippen molar-refractivity contribution < 1.29 is 19.0 Å². The molecule has 0 spiro atoms. The molecule has 2 aliphatic heterocycles. The number of aliphatic hydroxyl groups excluding tert-OH is 1. The molecule has 0 radical (unpaired) electrons. The molecule has 0 aliphatic carbocycles. The van der Waals surface area contributed by atoms with E-state index in [9.17, 15) is 14.3 Å². The molecular formula is C27H27FN4O3. The molecule has 0 saturated carbocycles. The van der Waals surface area contributed by atoms with E-state index in [1.54, 1.807) is 25.6 Å². The van der Waals surface area contributed by atoms with Crippen molar-refractivity contribution in [2.45, 2.75) is 31.7 Å². The zero-order valence-corrected chi connectivity index (χ0v) is 19.7. The second kappa shape index (κ2) is 9.11. The molecule has 1 unspecified atom stereocenters. The minimum Gasteiger partial charge on any atom is -0.495 e. The SMILES string of the molecule is COc1cc(/C=C2/CCCN3C2=NC(=O)CC3(CO)c2ccc(F)cc2)ccc1-n1cnc(C)c1. The lowest BCUT2D eigenvalue weighted by Crippen LogP contribution is -2.57. The van der Waals surface area contributed by atoms with Crippen LogP contribution in [0.3, 0.4) is 0 Å². The molecule has 2 aromatic carbocycles. The minimum atomic E-state index is -0.970. The fourth-order valence-electron chi connectivity index (χ4n) is 5.01. The highest BCUT2D eigenvalue weighted by Crippen LogP contribution is 2.40. The van der Waals surface area contributed by atoms with Crippen molar-refractivity contribution >= 4 is 17.8 Å². The van der Waals surface area contributed by atoms with E-state index in [0.29, 0.717) is 23.7 Å². The molecule has 1 aromatic heterocycles. The lowest BCUT2D eigenvalue weighted by molar-refractivity contribution is -0.122. The van der Waals surface area contributed by atoms with Gasteiger partial charge < -0.3 is 19.3 Å². The number of aromatic nitrogens is 2. The fourth-order valence-corrected chi connectivity index (χ4v) is 5.01. The maximum atomic E-state index is 13.6. The number of nitrogens with zero attached hydrogens (tertiary/aromatic N) is 4. The maximum absolute atomic E-state index is 13.6. The smallest absolute Gasteiger partial charge is 0.250 e. The average Bonchev–Trinajstić information content (AvgIpc) is 3.30. The van der Waals surface area contributed by atoms with Gasteiger partial charge in [-0.15, -0.1) is 0 Å². The van der Waals surface area contributed by atoms with Gasteiger partial charge in [-0.05, 0) is 66.8 Å². The van der Waals surface area contributed by atoms with Crippen LogP contribution in [0.5, 0.6) is 5.75 Å². The fraction of sp³-hybridized carbons (Fsp3) is 0.296. The van der Waals surface area contributed by atoms with E-state index in [4.69, 9.17) is 4.74 Å². The predicted molar refractivity (Wildman–Crippen MR) is 131 cm³/mol. The molecule has 1 amide bonds. The minimum absolute atomic E-state index is 0.0404. The van der Waals surface area contributed by atoms with Crippen LogP contribution in [0.1, 0.15) is 36.1 Å². The number of amides is 1. The number of ether oxygens (including phenoxy) is 1. The van der Waals surface area contributed by atoms with Crippen LogP contribution < -0.4 is 4.74 Å². The lowest BCUT2D eigenvalue weighted by Gasteiger charge is -2.49. The Kier molecular flexibility index (Phi) is 5.98. The van der Waals surface area contributed by atoms with Gasteiger partial charge in [-0.1, -0.05) is 18.2 Å². The molecule has 8 heteroatoms. The largest absolute Gasteiger partial charge is 0.495 e. The summed E-state index contributed by atoms with van der Waals surface area (Å²) < 4.78 is 21.2. The van der Waals surface area contributed by atoms with E-state index in [0.717, 1.165) is 35.4 Å². The Hall–Kier alpha value is -3.78. The number of aryl methyl sites for hydroxylation is 1. The highest BCUT2D eigenvalue weighted by Gasteiger charge is 2.46. The first-order chi connectivity index (χ1) is 16.9. The summed E-state index contributed by atoms with van der Waals surface area (Å²) >= 11 is 0. The third kappa shape index (κ3) is 4.14. The van der Waals surface area contributed by atoms with Gasteiger partial charge >= 0.3 is 0 Å². The zero-order valence-electron chi connectivity index (χ0n) is 19.7. The number of rotatable bonds is 5. The first kappa shape index (κ1) is 23.0. The number of aliphatic hydroxyl groups is 1. The average molecular weight is 475 g/mol. The van der Waals surface area contributed by atoms with Crippen LogP contribution in [0.15, 0.2) is 65.6 Å². The quantitative estimate of drug-likeness (QED) is 0.604. The molecule has 1 atom stereocenters. The van der Waals surface area contributed by atoms with E-state index < -0.39 is 5.54 Å². The van der Waals surface area contributed by atoms with Gasteiger partial charge in [0.25, 0.3) is 0 Å². The number of fused-ring (bicyclic) bond motifs is 1. The number of amidine groups is 1. The van der Waals surface area contributed by atoms with E-state index in [2.05, 4.69) is 9.98 Å². The number of imidazole rings is 1. The summed E-state index contributed by atoms with van der Waals surface area (Å²) in [5.41, 5.74) is 3.34. The summed E-state index contributed by atoms with van der Waals surface area (Å²) in [6.07, 6.45) is 7.32. The second-order valence-electron chi connectivity index (χ2n) is 8.98. The summed E-state index contributed by atoms with van der Waals surface area (Å²) in [5, 5.41) is 10.5. The van der Waals surface area contributed by atoms with Crippen LogP contribution in [0.2, 0.25) is 0 Å². The molecule has 3 aromatic rings. The van der Waals surface area contributed by atoms with Crippen LogP contribution in [0.25, 0.3) is 11.8 Å². The third-order valence-electron chi connectivity index (χ3n) is 6.74. The van der Waals surface area contributed by atoms with Gasteiger partial charge in [0, 0.05) is 12.7 Å². The summed E-state index contributed by atoms with van der Waals surface area (Å²) in [5.74, 6) is 0.604. The Morgan fingerprint density at radius 1 is 1.23 bits per heavy atom. The Labute approximate surface area is 203 Å². The maximum Gasteiger partial charge on any atom is 0.250 e. The van der Waals surface area contributed by atoms with E-state index in [-0.39, 0.29) is 24.8 Å². The van der Waals surface area contributed by atoms with Crippen molar-refractivity contribution in [1.29, 1.82) is 0 Å². The van der Waals surface area contributed by atoms with E-state index in [1.807, 2.05) is 46.9 Å². The standard InChI is InChI=1S/C27H27FN4O3/c1-18-15-31(17-29-18)23-10-5-19(13-24(23)35-2)12-20-4-3-11-32-26(20)30-25(34)14-27(32,16-33)21-6-8-22(28)9-7-21/h5-10,12-13,15,17,33H,3-4,11,14,16H2,1-2H3/b20-12-. The molecule has 1 saturated heterocycles. The van der Waals surface area contributed by atoms with Gasteiger partial charge in [-0.3, -0.25) is 4.79 Å². The van der Waals surface area contributed by atoms with E-state index in [1.165, 1.54) is 12.1 Å². The number of carbonyl (C=O) groups is 1. The van der Waals surface area contributed by atoms with Crippen molar-refractivity contribution in [1.82, 2.24) is 14.5 Å². The van der Waals surface area contributed by atoms with Crippen molar-refractivity contribution in [2.75, 3.05) is 20.3 Å². The Morgan fingerprint density at radius 2 is 2.03 bits per heavy atom. The summed E-state index contributed by atoms with van der Waals surface area (Å²) in [4.78, 5) is 23.5. The van der Waals surface area contributed by atoms with Crippen LogP contribution in [-0.4, -0.2) is 51.6 Å². The number of benzene rings is 2. The molecular weight excluding hydrogens is 447 g/mol. The van der Waals surface area contributed by atoms with Crippen LogP contribution >= 0.6 is 0 Å². The van der Waals surface area contributed by atoms with Gasteiger partial charge in [0.2, 0.25) is 5.91 Å². The highest BCUT2D eigenvalue weighted by atomic mass is 19.1. The number of aliphatic imine (C=N–C) groups is 1. The molecule has 2 aliphatic rings. The van der Waals surface area contributed by atoms with Crippen molar-refractivity contribution in [3.8, 4) is 11.4 Å². The van der Waals surface area contributed by atoms with Gasteiger partial charge in [0.1, 0.15) is 17.4 Å². The lowest BCUT2D eigenvalue weighted by atomic mass is 9.81. The Bertz CT molecular complexity index is 1330. The summed E-state index contributed by atoms with van der Waals surface area (Å²) in [7, 11) is 1.63. The molecule has 180 valence electrons. The monoisotopic (exact) mass is 474 g/mol. The molecule has 35 heavy (non-hydrogen) atoms. The van der Waals surface area contributed by atoms with Crippen molar-refractivity contribution in [3.05, 3.63) is 83.2 Å². The first-order valence-electron chi connectivity index (χ1n) is 11.6. The van der Waals surface area contributed by atoms with Gasteiger partial charge in [-0.25, -0.2) is 9.37 Å². The van der Waals surface area contributed by atoms with E-state index >= 15 is 0 Å². The topological polar surface area (TPSA) is 80.0 Å². The van der Waals surface area contributed by atoms with Gasteiger partial charge in [-0.2, -0.15) is 4.99 Å². The van der Waals surface area contributed by atoms with Gasteiger partial charge in [0.15, 0.2) is 0 Å². The number of halogens is 1. The molecule has 1 fully saturated rings. The molecule has 5 rings (SSSR count). The highest BCUT2D eigenvalue weighted by molar-refractivity contribution is 6.10. The number of piperidine rings is 1. The first-order valence-corrected chi connectivity index (χ1v) is 11.6. The van der Waals surface area contributed by atoms with Crippen molar-refractivity contribution in [3.63, 3.8) is 0 Å². The van der Waals surface area contributed by atoms with Gasteiger partial charge in [0.05, 0.1) is 43.4 Å².